The summed E-state index contributed by atoms with van der Waals surface area (Å²) in [7, 11) is -3.76. The van der Waals surface area contributed by atoms with Gasteiger partial charge in [-0.25, -0.2) is 8.42 Å². The third-order valence-corrected chi connectivity index (χ3v) is 7.39. The minimum Gasteiger partial charge on any atom is -0.352 e. The molecule has 0 heterocycles. The molecule has 0 radical (unpaired) electrons. The fourth-order valence-electron chi connectivity index (χ4n) is 3.71. The van der Waals surface area contributed by atoms with Gasteiger partial charge in [-0.05, 0) is 63.4 Å². The Kier molecular flexibility index (Phi) is 9.70. The first-order valence-electron chi connectivity index (χ1n) is 11.2. The largest absolute Gasteiger partial charge is 0.352 e. The molecule has 2 rings (SSSR count). The molecule has 2 amide bonds. The van der Waals surface area contributed by atoms with Crippen LogP contribution in [0.25, 0.3) is 0 Å². The fraction of sp³-hybridized carbons (Fsp3) is 0.440. The molecule has 34 heavy (non-hydrogen) atoms. The summed E-state index contributed by atoms with van der Waals surface area (Å²) in [6.45, 7) is 9.16. The van der Waals surface area contributed by atoms with Crippen LogP contribution in [0.15, 0.2) is 46.9 Å². The van der Waals surface area contributed by atoms with Gasteiger partial charge >= 0.3 is 0 Å². The van der Waals surface area contributed by atoms with E-state index in [1.807, 2.05) is 58.9 Å². The van der Waals surface area contributed by atoms with E-state index >= 15 is 0 Å². The molecular formula is C25H34BrN3O4S. The number of benzene rings is 2. The molecule has 9 heteroatoms. The van der Waals surface area contributed by atoms with Crippen LogP contribution in [-0.4, -0.2) is 50.0 Å². The highest BCUT2D eigenvalue weighted by atomic mass is 79.9. The Bertz CT molecular complexity index is 1130. The number of hydrogen-bond donors (Lipinski definition) is 1. The quantitative estimate of drug-likeness (QED) is 0.480. The van der Waals surface area contributed by atoms with E-state index in [9.17, 15) is 18.0 Å². The van der Waals surface area contributed by atoms with Gasteiger partial charge in [-0.2, -0.15) is 0 Å². The van der Waals surface area contributed by atoms with E-state index in [0.29, 0.717) is 12.1 Å². The number of carbonyl (C=O) groups excluding carboxylic acids is 2. The van der Waals surface area contributed by atoms with Crippen LogP contribution in [-0.2, 0) is 26.2 Å². The second kappa shape index (κ2) is 11.8. The molecule has 2 aromatic carbocycles. The summed E-state index contributed by atoms with van der Waals surface area (Å²) in [5.41, 5.74) is 3.15. The SMILES string of the molecule is CC[C@@H](C(=O)NC(C)C)N(Cc1cccc(C)c1)C(=O)CN(c1ccc(Br)c(C)c1)S(C)(=O)=O. The molecular weight excluding hydrogens is 518 g/mol. The second-order valence-corrected chi connectivity index (χ2v) is 11.6. The minimum absolute atomic E-state index is 0.0873. The number of amides is 2. The van der Waals surface area contributed by atoms with E-state index in [-0.39, 0.29) is 18.5 Å². The van der Waals surface area contributed by atoms with Crippen LogP contribution in [0.2, 0.25) is 0 Å². The lowest BCUT2D eigenvalue weighted by Crippen LogP contribution is -2.53. The molecule has 0 aliphatic rings. The first-order chi connectivity index (χ1) is 15.8. The molecule has 0 fully saturated rings. The number of carbonyl (C=O) groups is 2. The van der Waals surface area contributed by atoms with Gasteiger partial charge in [0.1, 0.15) is 12.6 Å². The Labute approximate surface area is 211 Å². The molecule has 7 nitrogen and oxygen atoms in total. The zero-order valence-corrected chi connectivity index (χ0v) is 23.0. The Balaban J connectivity index is 2.46. The Hall–Kier alpha value is -2.39. The van der Waals surface area contributed by atoms with Crippen molar-refractivity contribution in [2.24, 2.45) is 0 Å². The van der Waals surface area contributed by atoms with Gasteiger partial charge in [0.2, 0.25) is 21.8 Å². The van der Waals surface area contributed by atoms with Crippen LogP contribution in [0.5, 0.6) is 0 Å². The lowest BCUT2D eigenvalue weighted by Gasteiger charge is -2.33. The summed E-state index contributed by atoms with van der Waals surface area (Å²) in [6.07, 6.45) is 1.47. The van der Waals surface area contributed by atoms with Crippen molar-refractivity contribution in [2.45, 2.75) is 59.7 Å². The molecule has 1 atom stereocenters. The van der Waals surface area contributed by atoms with E-state index in [0.717, 1.165) is 31.7 Å². The number of rotatable bonds is 10. The van der Waals surface area contributed by atoms with Gasteiger partial charge in [0.15, 0.2) is 0 Å². The molecule has 0 aliphatic carbocycles. The summed E-state index contributed by atoms with van der Waals surface area (Å²) >= 11 is 3.42. The minimum atomic E-state index is -3.76. The van der Waals surface area contributed by atoms with Crippen molar-refractivity contribution < 1.29 is 18.0 Å². The average Bonchev–Trinajstić information content (AvgIpc) is 2.72. The van der Waals surface area contributed by atoms with Crippen molar-refractivity contribution in [3.63, 3.8) is 0 Å². The monoisotopic (exact) mass is 551 g/mol. The van der Waals surface area contributed by atoms with Crippen molar-refractivity contribution in [3.8, 4) is 0 Å². The summed E-state index contributed by atoms with van der Waals surface area (Å²) in [5, 5.41) is 2.89. The third kappa shape index (κ3) is 7.56. The zero-order chi connectivity index (χ0) is 25.6. The maximum atomic E-state index is 13.6. The predicted molar refractivity (Wildman–Crippen MR) is 140 cm³/mol. The summed E-state index contributed by atoms with van der Waals surface area (Å²) in [6, 6.07) is 12.0. The molecule has 0 bridgehead atoms. The maximum Gasteiger partial charge on any atom is 0.244 e. The topological polar surface area (TPSA) is 86.8 Å². The van der Waals surface area contributed by atoms with Crippen LogP contribution in [0.3, 0.4) is 0 Å². The van der Waals surface area contributed by atoms with Crippen LogP contribution >= 0.6 is 15.9 Å². The van der Waals surface area contributed by atoms with Gasteiger partial charge in [-0.1, -0.05) is 52.7 Å². The van der Waals surface area contributed by atoms with Crippen molar-refractivity contribution >= 4 is 43.5 Å². The highest BCUT2D eigenvalue weighted by Gasteiger charge is 2.32. The summed E-state index contributed by atoms with van der Waals surface area (Å²) < 4.78 is 27.3. The standard InChI is InChI=1S/C25H34BrN3O4S/c1-7-23(25(31)27-17(2)3)28(15-20-10-8-9-18(4)13-20)24(30)16-29(34(6,32)33)21-11-12-22(26)19(5)14-21/h8-14,17,23H,7,15-16H2,1-6H3,(H,27,31)/t23-/m0/s1. The van der Waals surface area contributed by atoms with Crippen molar-refractivity contribution in [1.82, 2.24) is 10.2 Å². The Morgan fingerprint density at radius 3 is 2.29 bits per heavy atom. The van der Waals surface area contributed by atoms with Crippen molar-refractivity contribution in [1.29, 1.82) is 0 Å². The number of hydrogen-bond acceptors (Lipinski definition) is 4. The first-order valence-corrected chi connectivity index (χ1v) is 13.9. The lowest BCUT2D eigenvalue weighted by atomic mass is 10.1. The number of sulfonamides is 1. The third-order valence-electron chi connectivity index (χ3n) is 5.36. The molecule has 186 valence electrons. The van der Waals surface area contributed by atoms with E-state index < -0.39 is 28.5 Å². The van der Waals surface area contributed by atoms with Crippen molar-refractivity contribution in [2.75, 3.05) is 17.1 Å². The van der Waals surface area contributed by atoms with E-state index in [1.54, 1.807) is 18.2 Å². The second-order valence-electron chi connectivity index (χ2n) is 8.80. The maximum absolute atomic E-state index is 13.6. The molecule has 0 saturated carbocycles. The van der Waals surface area contributed by atoms with Gasteiger partial charge < -0.3 is 10.2 Å². The fourth-order valence-corrected chi connectivity index (χ4v) is 4.79. The van der Waals surface area contributed by atoms with Crippen molar-refractivity contribution in [3.05, 3.63) is 63.6 Å². The van der Waals surface area contributed by atoms with E-state index in [4.69, 9.17) is 0 Å². The number of anilines is 1. The smallest absolute Gasteiger partial charge is 0.244 e. The molecule has 0 aliphatic heterocycles. The van der Waals surface area contributed by atoms with Gasteiger partial charge in [0.05, 0.1) is 11.9 Å². The first kappa shape index (κ1) is 27.9. The number of halogens is 1. The predicted octanol–water partition coefficient (Wildman–Crippen LogP) is 4.16. The number of nitrogens with zero attached hydrogens (tertiary/aromatic N) is 2. The molecule has 0 aromatic heterocycles. The summed E-state index contributed by atoms with van der Waals surface area (Å²) in [5.74, 6) is -0.706. The van der Waals surface area contributed by atoms with Gasteiger partial charge in [-0.15, -0.1) is 0 Å². The molecule has 0 saturated heterocycles. The Morgan fingerprint density at radius 1 is 1.09 bits per heavy atom. The molecule has 0 unspecified atom stereocenters. The number of nitrogens with one attached hydrogen (secondary N) is 1. The zero-order valence-electron chi connectivity index (χ0n) is 20.6. The van der Waals surface area contributed by atoms with Crippen LogP contribution in [0, 0.1) is 13.8 Å². The highest BCUT2D eigenvalue weighted by Crippen LogP contribution is 2.25. The molecule has 2 aromatic rings. The van der Waals surface area contributed by atoms with Gasteiger partial charge in [-0.3, -0.25) is 13.9 Å². The van der Waals surface area contributed by atoms with Gasteiger partial charge in [0, 0.05) is 17.1 Å². The Morgan fingerprint density at radius 2 is 1.76 bits per heavy atom. The van der Waals surface area contributed by atoms with E-state index in [2.05, 4.69) is 21.2 Å². The average molecular weight is 553 g/mol. The van der Waals surface area contributed by atoms with Crippen LogP contribution in [0.4, 0.5) is 5.69 Å². The normalized spacial score (nSPS) is 12.4. The lowest BCUT2D eigenvalue weighted by molar-refractivity contribution is -0.140. The number of aryl methyl sites for hydroxylation is 2. The van der Waals surface area contributed by atoms with E-state index in [1.165, 1.54) is 4.90 Å². The highest BCUT2D eigenvalue weighted by molar-refractivity contribution is 9.10. The van der Waals surface area contributed by atoms with Crippen LogP contribution < -0.4 is 9.62 Å². The van der Waals surface area contributed by atoms with Gasteiger partial charge in [0.25, 0.3) is 0 Å². The van der Waals surface area contributed by atoms with Crippen LogP contribution in [0.1, 0.15) is 43.9 Å². The summed E-state index contributed by atoms with van der Waals surface area (Å²) in [4.78, 5) is 28.1. The molecule has 1 N–H and O–H groups in total. The molecule has 0 spiro atoms.